The fraction of sp³-hybridized carbons (Fsp3) is 0.300. The Morgan fingerprint density at radius 1 is 1.14 bits per heavy atom. The highest BCUT2D eigenvalue weighted by Crippen LogP contribution is 2.29. The van der Waals surface area contributed by atoms with Crippen molar-refractivity contribution in [2.75, 3.05) is 0 Å². The quantitative estimate of drug-likeness (QED) is 0.734. The minimum Gasteiger partial charge on any atom is -0.291 e. The minimum atomic E-state index is -4.30. The Morgan fingerprint density at radius 3 is 2.14 bits per heavy atom. The minimum absolute atomic E-state index is 0.214. The lowest BCUT2D eigenvalue weighted by atomic mass is 10.1. The summed E-state index contributed by atoms with van der Waals surface area (Å²) in [6.07, 6.45) is -1.96. The van der Waals surface area contributed by atoms with E-state index in [0.717, 1.165) is 12.1 Å². The molecule has 0 spiro atoms. The van der Waals surface area contributed by atoms with Crippen LogP contribution in [0.1, 0.15) is 17.5 Å². The average Bonchev–Trinajstić information content (AvgIpc) is 2.14. The van der Waals surface area contributed by atoms with Gasteiger partial charge in [-0.05, 0) is 24.1 Å². The topological polar surface area (TPSA) is 17.1 Å². The Hall–Kier alpha value is -1.32. The second-order valence-electron chi connectivity index (χ2n) is 2.84. The molecule has 0 fully saturated rings. The van der Waals surface area contributed by atoms with Crippen LogP contribution in [0.3, 0.4) is 0 Å². The highest BCUT2D eigenvalue weighted by Gasteiger charge is 2.29. The fourth-order valence-corrected chi connectivity index (χ4v) is 1.06. The van der Waals surface area contributed by atoms with Gasteiger partial charge in [-0.3, -0.25) is 4.79 Å². The van der Waals surface area contributed by atoms with Gasteiger partial charge >= 0.3 is 6.18 Å². The zero-order valence-electron chi connectivity index (χ0n) is 7.27. The van der Waals surface area contributed by atoms with Gasteiger partial charge < -0.3 is 0 Å². The van der Waals surface area contributed by atoms with Gasteiger partial charge in [0.25, 0.3) is 0 Å². The molecule has 0 aliphatic carbocycles. The van der Waals surface area contributed by atoms with Crippen LogP contribution in [0.2, 0.25) is 0 Å². The summed E-state index contributed by atoms with van der Waals surface area (Å²) in [5, 5.41) is 0. The number of hydrogen-bond donors (Lipinski definition) is 0. The SMILES string of the molecule is O=[C]CCc1ccc(C(F)(F)F)cc1. The summed E-state index contributed by atoms with van der Waals surface area (Å²) >= 11 is 0. The van der Waals surface area contributed by atoms with Crippen molar-refractivity contribution in [3.8, 4) is 0 Å². The van der Waals surface area contributed by atoms with E-state index < -0.39 is 11.7 Å². The zero-order valence-corrected chi connectivity index (χ0v) is 7.27. The smallest absolute Gasteiger partial charge is 0.291 e. The molecule has 0 heterocycles. The van der Waals surface area contributed by atoms with Gasteiger partial charge in [0.05, 0.1) is 5.56 Å². The van der Waals surface area contributed by atoms with Crippen molar-refractivity contribution in [3.63, 3.8) is 0 Å². The number of halogens is 3. The molecule has 0 aliphatic heterocycles. The normalized spacial score (nSPS) is 11.4. The molecule has 1 aromatic rings. The molecule has 0 N–H and O–H groups in total. The first-order valence-electron chi connectivity index (χ1n) is 4.05. The van der Waals surface area contributed by atoms with Crippen molar-refractivity contribution in [3.05, 3.63) is 35.4 Å². The van der Waals surface area contributed by atoms with Crippen molar-refractivity contribution in [1.29, 1.82) is 0 Å². The highest BCUT2D eigenvalue weighted by molar-refractivity contribution is 5.51. The highest BCUT2D eigenvalue weighted by atomic mass is 19.4. The van der Waals surface area contributed by atoms with Gasteiger partial charge in [0.15, 0.2) is 6.29 Å². The first-order chi connectivity index (χ1) is 6.54. The molecule has 0 saturated heterocycles. The van der Waals surface area contributed by atoms with Crippen molar-refractivity contribution < 1.29 is 18.0 Å². The van der Waals surface area contributed by atoms with Crippen LogP contribution in [-0.4, -0.2) is 6.29 Å². The van der Waals surface area contributed by atoms with Crippen molar-refractivity contribution in [2.45, 2.75) is 19.0 Å². The van der Waals surface area contributed by atoms with Crippen LogP contribution in [0.15, 0.2) is 24.3 Å². The van der Waals surface area contributed by atoms with Gasteiger partial charge in [-0.2, -0.15) is 13.2 Å². The van der Waals surface area contributed by atoms with Crippen molar-refractivity contribution >= 4 is 6.29 Å². The number of benzene rings is 1. The molecule has 0 amide bonds. The van der Waals surface area contributed by atoms with E-state index in [1.165, 1.54) is 12.1 Å². The van der Waals surface area contributed by atoms with Gasteiger partial charge in [0.1, 0.15) is 0 Å². The van der Waals surface area contributed by atoms with Crippen LogP contribution in [0.4, 0.5) is 13.2 Å². The van der Waals surface area contributed by atoms with E-state index in [0.29, 0.717) is 12.0 Å². The first-order valence-corrected chi connectivity index (χ1v) is 4.05. The predicted molar refractivity (Wildman–Crippen MR) is 45.5 cm³/mol. The lowest BCUT2D eigenvalue weighted by molar-refractivity contribution is -0.137. The van der Waals surface area contributed by atoms with Gasteiger partial charge in [0.2, 0.25) is 0 Å². The van der Waals surface area contributed by atoms with Gasteiger partial charge in [-0.25, -0.2) is 0 Å². The van der Waals surface area contributed by atoms with E-state index in [1.807, 2.05) is 0 Å². The van der Waals surface area contributed by atoms with Crippen molar-refractivity contribution in [2.24, 2.45) is 0 Å². The standard InChI is InChI=1S/C10H8F3O/c11-10(12,13)9-5-3-8(4-6-9)2-1-7-14/h3-6H,1-2H2. The second kappa shape index (κ2) is 4.26. The molecule has 0 atom stereocenters. The third-order valence-corrected chi connectivity index (χ3v) is 1.80. The van der Waals surface area contributed by atoms with E-state index in [9.17, 15) is 18.0 Å². The predicted octanol–water partition coefficient (Wildman–Crippen LogP) is 2.75. The van der Waals surface area contributed by atoms with Gasteiger partial charge in [-0.1, -0.05) is 12.1 Å². The molecule has 1 nitrogen and oxygen atoms in total. The average molecular weight is 201 g/mol. The van der Waals surface area contributed by atoms with Crippen LogP contribution >= 0.6 is 0 Å². The first kappa shape index (κ1) is 10.8. The third kappa shape index (κ3) is 2.87. The van der Waals surface area contributed by atoms with Crippen molar-refractivity contribution in [1.82, 2.24) is 0 Å². The number of rotatable bonds is 3. The maximum absolute atomic E-state index is 12.1. The Balaban J connectivity index is 2.73. The molecule has 4 heteroatoms. The molecule has 0 saturated carbocycles. The van der Waals surface area contributed by atoms with Gasteiger partial charge in [-0.15, -0.1) is 0 Å². The third-order valence-electron chi connectivity index (χ3n) is 1.80. The summed E-state index contributed by atoms with van der Waals surface area (Å²) in [6, 6.07) is 4.78. The Labute approximate surface area is 79.5 Å². The van der Waals surface area contributed by atoms with E-state index in [-0.39, 0.29) is 6.42 Å². The summed E-state index contributed by atoms with van der Waals surface area (Å²) < 4.78 is 36.3. The second-order valence-corrected chi connectivity index (χ2v) is 2.84. The Kier molecular flexibility index (Phi) is 3.28. The largest absolute Gasteiger partial charge is 0.416 e. The van der Waals surface area contributed by atoms with Gasteiger partial charge in [0, 0.05) is 6.42 Å². The summed E-state index contributed by atoms with van der Waals surface area (Å²) in [5.74, 6) is 0. The van der Waals surface area contributed by atoms with Crippen LogP contribution in [0, 0.1) is 0 Å². The Bertz CT molecular complexity index is 300. The molecule has 0 unspecified atom stereocenters. The summed E-state index contributed by atoms with van der Waals surface area (Å²) in [7, 11) is 0. The maximum atomic E-state index is 12.1. The molecule has 1 rings (SSSR count). The molecular formula is C10H8F3O. The van der Waals surface area contributed by atoms with E-state index in [4.69, 9.17) is 0 Å². The number of carbonyl (C=O) groups excluding carboxylic acids is 1. The molecule has 0 aromatic heterocycles. The van der Waals surface area contributed by atoms with Crippen LogP contribution in [0.5, 0.6) is 0 Å². The Morgan fingerprint density at radius 2 is 1.71 bits per heavy atom. The lowest BCUT2D eigenvalue weighted by Gasteiger charge is -2.06. The zero-order chi connectivity index (χ0) is 10.6. The number of aryl methyl sites for hydroxylation is 1. The van der Waals surface area contributed by atoms with Crippen LogP contribution in [0.25, 0.3) is 0 Å². The number of alkyl halides is 3. The van der Waals surface area contributed by atoms with Crippen LogP contribution < -0.4 is 0 Å². The molecule has 14 heavy (non-hydrogen) atoms. The fourth-order valence-electron chi connectivity index (χ4n) is 1.06. The number of hydrogen-bond acceptors (Lipinski definition) is 1. The van der Waals surface area contributed by atoms with E-state index in [1.54, 1.807) is 6.29 Å². The lowest BCUT2D eigenvalue weighted by Crippen LogP contribution is -2.04. The molecule has 75 valence electrons. The summed E-state index contributed by atoms with van der Waals surface area (Å²) in [6.45, 7) is 0. The summed E-state index contributed by atoms with van der Waals surface area (Å²) in [5.41, 5.74) is 0.0395. The molecule has 0 bridgehead atoms. The van der Waals surface area contributed by atoms with Crippen LogP contribution in [-0.2, 0) is 17.4 Å². The van der Waals surface area contributed by atoms with E-state index >= 15 is 0 Å². The maximum Gasteiger partial charge on any atom is 0.416 e. The molecule has 1 radical (unpaired) electrons. The monoisotopic (exact) mass is 201 g/mol. The molecular weight excluding hydrogens is 193 g/mol. The molecule has 0 aliphatic rings. The summed E-state index contributed by atoms with van der Waals surface area (Å²) in [4.78, 5) is 9.90. The molecule has 1 aromatic carbocycles. The van der Waals surface area contributed by atoms with E-state index in [2.05, 4.69) is 0 Å².